The van der Waals surface area contributed by atoms with Gasteiger partial charge >= 0.3 is 0 Å². The minimum absolute atomic E-state index is 0.221. The molecule has 0 saturated carbocycles. The molecule has 0 fully saturated rings. The molecular weight excluding hydrogens is 162 g/mol. The van der Waals surface area contributed by atoms with E-state index in [1.807, 2.05) is 6.92 Å². The van der Waals surface area contributed by atoms with Gasteiger partial charge in [0.15, 0.2) is 0 Å². The zero-order chi connectivity index (χ0) is 10.3. The number of hydrogen-bond donors (Lipinski definition) is 1. The lowest BCUT2D eigenvalue weighted by Crippen LogP contribution is -2.35. The monoisotopic (exact) mass is 183 g/mol. The van der Waals surface area contributed by atoms with E-state index in [1.165, 1.54) is 0 Å². The number of aliphatic hydroxyl groups is 1. The minimum Gasteiger partial charge on any atom is -0.389 e. The molecular formula is C11H21NO. The van der Waals surface area contributed by atoms with Crippen molar-refractivity contribution in [1.82, 2.24) is 0 Å². The van der Waals surface area contributed by atoms with Crippen LogP contribution in [0.15, 0.2) is 0 Å². The molecule has 1 N–H and O–H groups in total. The van der Waals surface area contributed by atoms with E-state index in [2.05, 4.69) is 19.9 Å². The summed E-state index contributed by atoms with van der Waals surface area (Å²) < 4.78 is 0. The van der Waals surface area contributed by atoms with Crippen LogP contribution in [0.2, 0.25) is 0 Å². The Morgan fingerprint density at radius 2 is 2.08 bits per heavy atom. The van der Waals surface area contributed by atoms with E-state index < -0.39 is 5.60 Å². The molecule has 0 aromatic carbocycles. The highest BCUT2D eigenvalue weighted by molar-refractivity contribution is 4.91. The molecule has 76 valence electrons. The molecule has 0 aromatic rings. The second kappa shape index (κ2) is 5.99. The molecule has 2 unspecified atom stereocenters. The summed E-state index contributed by atoms with van der Waals surface area (Å²) in [6, 6.07) is 2.08. The van der Waals surface area contributed by atoms with Gasteiger partial charge in [0.2, 0.25) is 0 Å². The van der Waals surface area contributed by atoms with Crippen LogP contribution >= 0.6 is 0 Å². The highest BCUT2D eigenvalue weighted by atomic mass is 16.3. The second-order valence-electron chi connectivity index (χ2n) is 3.85. The van der Waals surface area contributed by atoms with Crippen molar-refractivity contribution in [2.45, 2.75) is 58.5 Å². The predicted octanol–water partition coefficient (Wildman–Crippen LogP) is 2.87. The number of rotatable bonds is 6. The quantitative estimate of drug-likeness (QED) is 0.688. The van der Waals surface area contributed by atoms with Gasteiger partial charge in [-0.1, -0.05) is 40.0 Å². The van der Waals surface area contributed by atoms with Gasteiger partial charge in [-0.15, -0.1) is 0 Å². The summed E-state index contributed by atoms with van der Waals surface area (Å²) in [6.07, 6.45) is 4.03. The summed E-state index contributed by atoms with van der Waals surface area (Å²) in [4.78, 5) is 0. The third-order valence-electron chi connectivity index (χ3n) is 2.88. The Kier molecular flexibility index (Phi) is 5.73. The minimum atomic E-state index is -0.750. The molecule has 0 aliphatic carbocycles. The van der Waals surface area contributed by atoms with Gasteiger partial charge in [0.25, 0.3) is 0 Å². The molecule has 0 amide bonds. The van der Waals surface area contributed by atoms with Crippen LogP contribution in [0.5, 0.6) is 0 Å². The SMILES string of the molecule is CCCCC(O)(CC#N)C(C)CC. The molecule has 0 spiro atoms. The van der Waals surface area contributed by atoms with Gasteiger partial charge in [-0.3, -0.25) is 0 Å². The average molecular weight is 183 g/mol. The highest BCUT2D eigenvalue weighted by Gasteiger charge is 2.31. The molecule has 0 aliphatic heterocycles. The Balaban J connectivity index is 4.25. The Morgan fingerprint density at radius 3 is 2.46 bits per heavy atom. The van der Waals surface area contributed by atoms with Crippen LogP contribution in [-0.2, 0) is 0 Å². The van der Waals surface area contributed by atoms with Crippen LogP contribution in [0, 0.1) is 17.2 Å². The molecule has 13 heavy (non-hydrogen) atoms. The average Bonchev–Trinajstić information content (AvgIpc) is 2.14. The van der Waals surface area contributed by atoms with Crippen molar-refractivity contribution >= 4 is 0 Å². The molecule has 2 nitrogen and oxygen atoms in total. The van der Waals surface area contributed by atoms with Crippen molar-refractivity contribution in [3.05, 3.63) is 0 Å². The van der Waals surface area contributed by atoms with E-state index in [4.69, 9.17) is 5.26 Å². The van der Waals surface area contributed by atoms with E-state index >= 15 is 0 Å². The molecule has 2 heteroatoms. The van der Waals surface area contributed by atoms with Crippen molar-refractivity contribution in [1.29, 1.82) is 5.26 Å². The first kappa shape index (κ1) is 12.4. The van der Waals surface area contributed by atoms with Crippen molar-refractivity contribution < 1.29 is 5.11 Å². The third kappa shape index (κ3) is 3.78. The normalized spacial score (nSPS) is 17.5. The van der Waals surface area contributed by atoms with Crippen LogP contribution < -0.4 is 0 Å². The fourth-order valence-corrected chi connectivity index (χ4v) is 1.51. The van der Waals surface area contributed by atoms with Crippen molar-refractivity contribution in [2.24, 2.45) is 5.92 Å². The van der Waals surface area contributed by atoms with E-state index in [1.54, 1.807) is 0 Å². The molecule has 2 atom stereocenters. The maximum absolute atomic E-state index is 10.2. The van der Waals surface area contributed by atoms with Gasteiger partial charge < -0.3 is 5.11 Å². The Labute approximate surface area is 81.6 Å². The fraction of sp³-hybridized carbons (Fsp3) is 0.909. The van der Waals surface area contributed by atoms with Crippen molar-refractivity contribution in [3.8, 4) is 6.07 Å². The molecule has 0 heterocycles. The van der Waals surface area contributed by atoms with E-state index in [0.29, 0.717) is 0 Å². The maximum Gasteiger partial charge on any atom is 0.0802 e. The summed E-state index contributed by atoms with van der Waals surface area (Å²) in [5.74, 6) is 0.221. The van der Waals surface area contributed by atoms with Crippen molar-refractivity contribution in [3.63, 3.8) is 0 Å². The second-order valence-corrected chi connectivity index (χ2v) is 3.85. The summed E-state index contributed by atoms with van der Waals surface area (Å²) in [5.41, 5.74) is -0.750. The molecule has 0 aromatic heterocycles. The number of nitriles is 1. The molecule has 0 aliphatic rings. The van der Waals surface area contributed by atoms with Crippen LogP contribution in [-0.4, -0.2) is 10.7 Å². The van der Waals surface area contributed by atoms with Gasteiger partial charge in [-0.25, -0.2) is 0 Å². The van der Waals surface area contributed by atoms with E-state index in [9.17, 15) is 5.11 Å². The van der Waals surface area contributed by atoms with Gasteiger partial charge in [-0.2, -0.15) is 5.26 Å². The zero-order valence-electron chi connectivity index (χ0n) is 9.01. The van der Waals surface area contributed by atoms with E-state index in [0.717, 1.165) is 25.7 Å². The van der Waals surface area contributed by atoms with Crippen LogP contribution in [0.1, 0.15) is 52.9 Å². The lowest BCUT2D eigenvalue weighted by molar-refractivity contribution is -0.0186. The first-order valence-electron chi connectivity index (χ1n) is 5.20. The van der Waals surface area contributed by atoms with Crippen LogP contribution in [0.4, 0.5) is 0 Å². The first-order chi connectivity index (χ1) is 6.10. The van der Waals surface area contributed by atoms with Gasteiger partial charge in [0.05, 0.1) is 18.1 Å². The number of hydrogen-bond acceptors (Lipinski definition) is 2. The Bertz CT molecular complexity index is 173. The third-order valence-corrected chi connectivity index (χ3v) is 2.88. The zero-order valence-corrected chi connectivity index (χ0v) is 9.01. The van der Waals surface area contributed by atoms with Gasteiger partial charge in [0, 0.05) is 0 Å². The lowest BCUT2D eigenvalue weighted by Gasteiger charge is -2.31. The molecule has 0 radical (unpaired) electrons. The largest absolute Gasteiger partial charge is 0.389 e. The predicted molar refractivity (Wildman–Crippen MR) is 54.2 cm³/mol. The van der Waals surface area contributed by atoms with E-state index in [-0.39, 0.29) is 12.3 Å². The topological polar surface area (TPSA) is 44.0 Å². The number of unbranched alkanes of at least 4 members (excludes halogenated alkanes) is 1. The number of nitrogens with zero attached hydrogens (tertiary/aromatic N) is 1. The lowest BCUT2D eigenvalue weighted by atomic mass is 9.80. The maximum atomic E-state index is 10.2. The highest BCUT2D eigenvalue weighted by Crippen LogP contribution is 2.29. The molecule has 0 saturated heterocycles. The summed E-state index contributed by atoms with van der Waals surface area (Å²) in [5, 5.41) is 18.8. The smallest absolute Gasteiger partial charge is 0.0802 e. The first-order valence-corrected chi connectivity index (χ1v) is 5.20. The summed E-state index contributed by atoms with van der Waals surface area (Å²) in [7, 11) is 0. The van der Waals surface area contributed by atoms with Crippen LogP contribution in [0.25, 0.3) is 0 Å². The van der Waals surface area contributed by atoms with Crippen molar-refractivity contribution in [2.75, 3.05) is 0 Å². The standard InChI is InChI=1S/C11H21NO/c1-4-6-7-11(13,8-9-12)10(3)5-2/h10,13H,4-8H2,1-3H3. The Hall–Kier alpha value is -0.550. The van der Waals surface area contributed by atoms with Gasteiger partial charge in [0.1, 0.15) is 0 Å². The Morgan fingerprint density at radius 1 is 1.46 bits per heavy atom. The fourth-order valence-electron chi connectivity index (χ4n) is 1.51. The van der Waals surface area contributed by atoms with Crippen LogP contribution in [0.3, 0.4) is 0 Å². The molecule has 0 bridgehead atoms. The summed E-state index contributed by atoms with van der Waals surface area (Å²) in [6.45, 7) is 6.18. The molecule has 0 rings (SSSR count). The van der Waals surface area contributed by atoms with Gasteiger partial charge in [-0.05, 0) is 12.3 Å². The summed E-state index contributed by atoms with van der Waals surface area (Å²) >= 11 is 0.